The maximum Gasteiger partial charge on any atom is 0.346 e. The first-order valence-corrected chi connectivity index (χ1v) is 15.5. The lowest BCUT2D eigenvalue weighted by atomic mass is 10.2. The number of sulfone groups is 2. The van der Waals surface area contributed by atoms with E-state index in [9.17, 15) is 36.6 Å². The molecular formula is C28H33NO10S2. The van der Waals surface area contributed by atoms with Gasteiger partial charge in [0.05, 0.1) is 33.2 Å². The Balaban J connectivity index is 0.000000296. The van der Waals surface area contributed by atoms with Crippen LogP contribution in [0.25, 0.3) is 0 Å². The Morgan fingerprint density at radius 1 is 0.829 bits per heavy atom. The molecule has 0 radical (unpaired) electrons. The Kier molecular flexibility index (Phi) is 11.3. The first-order chi connectivity index (χ1) is 19.1. The van der Waals surface area contributed by atoms with E-state index in [1.54, 1.807) is 13.8 Å². The minimum absolute atomic E-state index is 0.00973. The number of carbonyl (C=O) groups excluding carboxylic acids is 2. The molecule has 0 saturated heterocycles. The molecule has 0 aromatic heterocycles. The molecule has 222 valence electrons. The third-order valence-electron chi connectivity index (χ3n) is 5.62. The molecule has 0 bridgehead atoms. The van der Waals surface area contributed by atoms with Gasteiger partial charge in [-0.25, -0.2) is 21.6 Å². The summed E-state index contributed by atoms with van der Waals surface area (Å²) < 4.78 is 58.2. The Hall–Kier alpha value is -4.10. The number of hydrogen-bond donors (Lipinski definition) is 3. The number of hydrogen-bond acceptors (Lipinski definition) is 10. The van der Waals surface area contributed by atoms with Gasteiger partial charge in [0.25, 0.3) is 0 Å². The molecule has 0 spiro atoms. The molecule has 0 aliphatic rings. The molecule has 0 aliphatic carbocycles. The van der Waals surface area contributed by atoms with Gasteiger partial charge in [-0.15, -0.1) is 0 Å². The molecule has 1 atom stereocenters. The molecule has 3 aromatic carbocycles. The molecule has 11 nitrogen and oxygen atoms in total. The van der Waals surface area contributed by atoms with Crippen molar-refractivity contribution in [3.8, 4) is 17.2 Å². The van der Waals surface area contributed by atoms with Crippen molar-refractivity contribution >= 4 is 37.2 Å². The summed E-state index contributed by atoms with van der Waals surface area (Å²) >= 11 is 0. The van der Waals surface area contributed by atoms with Crippen molar-refractivity contribution < 1.29 is 46.1 Å². The van der Waals surface area contributed by atoms with Gasteiger partial charge >= 0.3 is 5.97 Å². The molecule has 0 heterocycles. The van der Waals surface area contributed by atoms with E-state index in [1.807, 2.05) is 0 Å². The number of aromatic hydroxyl groups is 2. The summed E-state index contributed by atoms with van der Waals surface area (Å²) in [6, 6.07) is 14.8. The standard InChI is InChI=1S/C16H16O6S.C12H17NO4S/c1-11(16(18)21-2)22-13-5-9-15(10-6-13)23(19,20)14-7-3-12(17)4-8-14;1-4-18(16,17)9-5-6-11(14)10(7-9)13-12(15)8(2)3/h3-11,17H,1-2H3;5-8,14H,4H2,1-3H3,(H,13,15). The lowest BCUT2D eigenvalue weighted by Crippen LogP contribution is -2.24. The van der Waals surface area contributed by atoms with Crippen molar-refractivity contribution in [3.05, 3.63) is 66.7 Å². The number of nitrogens with one attached hydrogen (secondary N) is 1. The van der Waals surface area contributed by atoms with E-state index in [1.165, 1.54) is 87.7 Å². The van der Waals surface area contributed by atoms with E-state index < -0.39 is 31.7 Å². The Morgan fingerprint density at radius 3 is 1.83 bits per heavy atom. The average molecular weight is 608 g/mol. The first kappa shape index (κ1) is 33.1. The normalized spacial score (nSPS) is 12.0. The molecule has 0 fully saturated rings. The second-order valence-electron chi connectivity index (χ2n) is 8.98. The fourth-order valence-corrected chi connectivity index (χ4v) is 5.30. The van der Waals surface area contributed by atoms with Crippen molar-refractivity contribution in [1.29, 1.82) is 0 Å². The van der Waals surface area contributed by atoms with Crippen LogP contribution in [0.3, 0.4) is 0 Å². The van der Waals surface area contributed by atoms with Crippen LogP contribution in [0.1, 0.15) is 27.7 Å². The molecule has 1 unspecified atom stereocenters. The summed E-state index contributed by atoms with van der Waals surface area (Å²) in [4.78, 5) is 23.1. The van der Waals surface area contributed by atoms with Crippen LogP contribution in [0, 0.1) is 5.92 Å². The highest BCUT2D eigenvalue weighted by Gasteiger charge is 2.19. The van der Waals surface area contributed by atoms with E-state index in [0.29, 0.717) is 5.75 Å². The van der Waals surface area contributed by atoms with Gasteiger partial charge in [0.2, 0.25) is 15.7 Å². The zero-order chi connectivity index (χ0) is 31.0. The number of amides is 1. The van der Waals surface area contributed by atoms with Crippen molar-refractivity contribution in [3.63, 3.8) is 0 Å². The molecule has 0 aliphatic heterocycles. The lowest BCUT2D eigenvalue weighted by Gasteiger charge is -2.12. The fourth-order valence-electron chi connectivity index (χ4n) is 3.13. The smallest absolute Gasteiger partial charge is 0.346 e. The van der Waals surface area contributed by atoms with Crippen LogP contribution in [0.15, 0.2) is 81.4 Å². The van der Waals surface area contributed by atoms with Crippen LogP contribution >= 0.6 is 0 Å². The van der Waals surface area contributed by atoms with Crippen molar-refractivity contribution in [2.75, 3.05) is 18.2 Å². The van der Waals surface area contributed by atoms with Crippen LogP contribution < -0.4 is 10.1 Å². The molecule has 3 aromatic rings. The van der Waals surface area contributed by atoms with E-state index >= 15 is 0 Å². The second kappa shape index (κ2) is 14.0. The number of phenolic OH excluding ortho intramolecular Hbond substituents is 2. The van der Waals surface area contributed by atoms with Crippen molar-refractivity contribution in [1.82, 2.24) is 0 Å². The Bertz CT molecular complexity index is 1570. The Morgan fingerprint density at radius 2 is 1.34 bits per heavy atom. The van der Waals surface area contributed by atoms with Crippen LogP contribution in [0.4, 0.5) is 5.69 Å². The van der Waals surface area contributed by atoms with Gasteiger partial charge in [0.15, 0.2) is 15.9 Å². The summed E-state index contributed by atoms with van der Waals surface area (Å²) in [5, 5.41) is 21.3. The third kappa shape index (κ3) is 8.95. The van der Waals surface area contributed by atoms with Crippen molar-refractivity contribution in [2.45, 2.75) is 48.5 Å². The van der Waals surface area contributed by atoms with Gasteiger partial charge in [-0.1, -0.05) is 20.8 Å². The highest BCUT2D eigenvalue weighted by Crippen LogP contribution is 2.27. The summed E-state index contributed by atoms with van der Waals surface area (Å²) in [6.45, 7) is 6.49. The maximum absolute atomic E-state index is 12.4. The molecule has 0 saturated carbocycles. The van der Waals surface area contributed by atoms with Crippen LogP contribution in [0.5, 0.6) is 17.2 Å². The molecule has 13 heteroatoms. The molecule has 1 amide bonds. The monoisotopic (exact) mass is 607 g/mol. The van der Waals surface area contributed by atoms with Gasteiger partial charge in [0, 0.05) is 5.92 Å². The predicted octanol–water partition coefficient (Wildman–Crippen LogP) is 3.95. The van der Waals surface area contributed by atoms with Crippen molar-refractivity contribution in [2.24, 2.45) is 5.92 Å². The topological polar surface area (TPSA) is 173 Å². The number of esters is 1. The number of rotatable bonds is 9. The molecule has 3 rings (SSSR count). The number of phenols is 2. The maximum atomic E-state index is 12.4. The van der Waals surface area contributed by atoms with Gasteiger partial charge in [-0.2, -0.15) is 0 Å². The van der Waals surface area contributed by atoms with E-state index in [4.69, 9.17) is 4.74 Å². The highest BCUT2D eigenvalue weighted by atomic mass is 32.2. The molecular weight excluding hydrogens is 574 g/mol. The van der Waals surface area contributed by atoms with Gasteiger partial charge < -0.3 is 25.0 Å². The average Bonchev–Trinajstić information content (AvgIpc) is 2.94. The number of methoxy groups -OCH3 is 1. The van der Waals surface area contributed by atoms with Crippen LogP contribution in [0.2, 0.25) is 0 Å². The number of anilines is 1. The molecule has 41 heavy (non-hydrogen) atoms. The summed E-state index contributed by atoms with van der Waals surface area (Å²) in [5.74, 6) is -0.899. The Labute approximate surface area is 239 Å². The van der Waals surface area contributed by atoms with Gasteiger partial charge in [0.1, 0.15) is 17.2 Å². The first-order valence-electron chi connectivity index (χ1n) is 12.4. The van der Waals surface area contributed by atoms with E-state index in [0.717, 1.165) is 0 Å². The fraction of sp³-hybridized carbons (Fsp3) is 0.286. The SMILES string of the molecule is CCS(=O)(=O)c1ccc(O)c(NC(=O)C(C)C)c1.COC(=O)C(C)Oc1ccc(S(=O)(=O)c2ccc(O)cc2)cc1. The van der Waals surface area contributed by atoms with Gasteiger partial charge in [-0.3, -0.25) is 4.79 Å². The van der Waals surface area contributed by atoms with E-state index in [2.05, 4.69) is 10.1 Å². The van der Waals surface area contributed by atoms with E-state index in [-0.39, 0.29) is 49.5 Å². The summed E-state index contributed by atoms with van der Waals surface area (Å²) in [5.41, 5.74) is 0.114. The quantitative estimate of drug-likeness (QED) is 0.239. The zero-order valence-electron chi connectivity index (χ0n) is 23.2. The predicted molar refractivity (Wildman–Crippen MR) is 151 cm³/mol. The number of benzene rings is 3. The largest absolute Gasteiger partial charge is 0.508 e. The third-order valence-corrected chi connectivity index (χ3v) is 9.13. The number of ether oxygens (including phenoxy) is 2. The lowest BCUT2D eigenvalue weighted by molar-refractivity contribution is -0.147. The zero-order valence-corrected chi connectivity index (χ0v) is 24.8. The van der Waals surface area contributed by atoms with Gasteiger partial charge in [-0.05, 0) is 73.7 Å². The minimum atomic E-state index is -3.68. The highest BCUT2D eigenvalue weighted by molar-refractivity contribution is 7.91. The number of carbonyl (C=O) groups is 2. The second-order valence-corrected chi connectivity index (χ2v) is 13.2. The minimum Gasteiger partial charge on any atom is -0.508 e. The van der Waals surface area contributed by atoms with Crippen LogP contribution in [-0.2, 0) is 34.0 Å². The summed E-state index contributed by atoms with van der Waals surface area (Å²) in [7, 11) is -5.78. The van der Waals surface area contributed by atoms with Crippen LogP contribution in [-0.4, -0.2) is 57.9 Å². The summed E-state index contributed by atoms with van der Waals surface area (Å²) in [6.07, 6.45) is -0.792. The molecule has 3 N–H and O–H groups in total.